The van der Waals surface area contributed by atoms with Crippen molar-refractivity contribution < 1.29 is 23.4 Å². The highest BCUT2D eigenvalue weighted by molar-refractivity contribution is 5.95. The van der Waals surface area contributed by atoms with Gasteiger partial charge in [-0.2, -0.15) is 4.68 Å². The number of halogens is 1. The van der Waals surface area contributed by atoms with Gasteiger partial charge >= 0.3 is 5.69 Å². The molecule has 13 heteroatoms. The Hall–Kier alpha value is -5.33. The first-order valence-electron chi connectivity index (χ1n) is 12.4. The number of nitrogen functional groups attached to an aromatic ring is 1. The molecule has 214 valence electrons. The number of nitrogens with two attached hydrogens (primary N) is 1. The van der Waals surface area contributed by atoms with Crippen LogP contribution in [0.2, 0.25) is 0 Å². The van der Waals surface area contributed by atoms with Crippen molar-refractivity contribution in [2.24, 2.45) is 5.73 Å². The predicted molar refractivity (Wildman–Crippen MR) is 151 cm³/mol. The van der Waals surface area contributed by atoms with Gasteiger partial charge < -0.3 is 30.2 Å². The molecule has 4 aromatic rings. The summed E-state index contributed by atoms with van der Waals surface area (Å²) in [5, 5.41) is 15.3. The van der Waals surface area contributed by atoms with Gasteiger partial charge in [-0.05, 0) is 42.5 Å². The number of carbonyl (C=O) groups excluding carboxylic acids is 1. The minimum Gasteiger partial charge on any atom is -0.497 e. The van der Waals surface area contributed by atoms with Crippen LogP contribution in [0.4, 0.5) is 10.1 Å². The molecule has 0 aliphatic heterocycles. The Balaban J connectivity index is 1.84. The number of rotatable bonds is 11. The Kier molecular flexibility index (Phi) is 8.56. The van der Waals surface area contributed by atoms with Gasteiger partial charge in [0.05, 0.1) is 14.2 Å². The number of nitrogens with zero attached hydrogens (tertiary/aromatic N) is 3. The summed E-state index contributed by atoms with van der Waals surface area (Å²) in [5.74, 6) is -0.763. The van der Waals surface area contributed by atoms with Crippen LogP contribution in [0.3, 0.4) is 0 Å². The number of amidine groups is 1. The number of anilines is 1. The zero-order valence-electron chi connectivity index (χ0n) is 22.9. The second-order valence-corrected chi connectivity index (χ2v) is 9.07. The monoisotopic (exact) mass is 563 g/mol. The molecule has 1 unspecified atom stereocenters. The van der Waals surface area contributed by atoms with Crippen molar-refractivity contribution in [1.29, 1.82) is 5.41 Å². The maximum Gasteiger partial charge on any atom is 0.348 e. The van der Waals surface area contributed by atoms with Gasteiger partial charge in [-0.3, -0.25) is 15.2 Å². The SMILES string of the molecule is COc1cc(OCC(=O)N(C)C)c(F)c(C(Nc2ccc(C(=N)N)cc2)c2nn(-c3ccccc3OC)c(=O)[nH]2)c1. The van der Waals surface area contributed by atoms with Gasteiger partial charge in [0.15, 0.2) is 24.0 Å². The average Bonchev–Trinajstić information content (AvgIpc) is 3.36. The Morgan fingerprint density at radius 1 is 1.12 bits per heavy atom. The van der Waals surface area contributed by atoms with Gasteiger partial charge in [-0.15, -0.1) is 5.10 Å². The number of amides is 1. The molecular weight excluding hydrogens is 533 g/mol. The first kappa shape index (κ1) is 28.7. The van der Waals surface area contributed by atoms with Gasteiger partial charge in [-0.1, -0.05) is 12.1 Å². The van der Waals surface area contributed by atoms with Crippen LogP contribution >= 0.6 is 0 Å². The number of hydrogen-bond acceptors (Lipinski definition) is 8. The standard InChI is InChI=1S/C28H30FN7O5/c1-35(2)23(37)15-41-22-14-18(39-3)13-19(24(22)29)25(32-17-11-9-16(10-12-17)26(30)31)27-33-28(38)36(34-27)20-7-5-6-8-21(20)40-4/h5-14,25,32H,15H2,1-4H3,(H3,30,31)(H,33,34,38). The molecule has 0 fully saturated rings. The quantitative estimate of drug-likeness (QED) is 0.160. The Bertz CT molecular complexity index is 1620. The molecular formula is C28H30FN7O5. The van der Waals surface area contributed by atoms with E-state index in [1.165, 1.54) is 31.3 Å². The maximum atomic E-state index is 16.1. The first-order valence-corrected chi connectivity index (χ1v) is 12.4. The zero-order chi connectivity index (χ0) is 29.7. The van der Waals surface area contributed by atoms with E-state index in [4.69, 9.17) is 25.4 Å². The Labute approximate surface area is 235 Å². The molecule has 3 aromatic carbocycles. The van der Waals surface area contributed by atoms with Crippen molar-refractivity contribution in [2.45, 2.75) is 6.04 Å². The topological polar surface area (TPSA) is 161 Å². The summed E-state index contributed by atoms with van der Waals surface area (Å²) < 4.78 is 33.5. The summed E-state index contributed by atoms with van der Waals surface area (Å²) in [6.07, 6.45) is 0. The van der Waals surface area contributed by atoms with Gasteiger partial charge in [0.2, 0.25) is 0 Å². The molecule has 5 N–H and O–H groups in total. The Morgan fingerprint density at radius 3 is 2.46 bits per heavy atom. The number of carbonyl (C=O) groups is 1. The molecule has 0 saturated carbocycles. The van der Waals surface area contributed by atoms with Gasteiger partial charge in [-0.25, -0.2) is 9.18 Å². The van der Waals surface area contributed by atoms with E-state index in [2.05, 4.69) is 15.4 Å². The molecule has 1 atom stereocenters. The summed E-state index contributed by atoms with van der Waals surface area (Å²) in [4.78, 5) is 29.2. The third kappa shape index (κ3) is 6.30. The fourth-order valence-corrected chi connectivity index (χ4v) is 3.94. The van der Waals surface area contributed by atoms with Gasteiger partial charge in [0.1, 0.15) is 29.1 Å². The number of nitrogens with one attached hydrogen (secondary N) is 3. The number of para-hydroxylation sites is 2. The van der Waals surface area contributed by atoms with Crippen LogP contribution in [0.15, 0.2) is 65.5 Å². The van der Waals surface area contributed by atoms with E-state index in [-0.39, 0.29) is 34.6 Å². The normalized spacial score (nSPS) is 11.4. The van der Waals surface area contributed by atoms with E-state index in [0.717, 1.165) is 4.68 Å². The van der Waals surface area contributed by atoms with Crippen LogP contribution in [0.5, 0.6) is 17.2 Å². The molecule has 41 heavy (non-hydrogen) atoms. The minimum absolute atomic E-state index is 0.0215. The highest BCUT2D eigenvalue weighted by Gasteiger charge is 2.27. The molecule has 12 nitrogen and oxygen atoms in total. The fourth-order valence-electron chi connectivity index (χ4n) is 3.94. The van der Waals surface area contributed by atoms with Crippen LogP contribution < -0.4 is 31.0 Å². The molecule has 0 saturated heterocycles. The molecule has 0 aliphatic rings. The lowest BCUT2D eigenvalue weighted by Crippen LogP contribution is -2.27. The number of H-pyrrole nitrogens is 1. The molecule has 1 amide bonds. The van der Waals surface area contributed by atoms with Crippen molar-refractivity contribution in [3.63, 3.8) is 0 Å². The average molecular weight is 564 g/mol. The summed E-state index contributed by atoms with van der Waals surface area (Å²) in [6.45, 7) is -0.402. The molecule has 4 rings (SSSR count). The lowest BCUT2D eigenvalue weighted by atomic mass is 10.0. The molecule has 0 radical (unpaired) electrons. The number of aromatic amines is 1. The largest absolute Gasteiger partial charge is 0.497 e. The second-order valence-electron chi connectivity index (χ2n) is 9.07. The van der Waals surface area contributed by atoms with Crippen LogP contribution in [-0.4, -0.2) is 66.3 Å². The van der Waals surface area contributed by atoms with Crippen LogP contribution in [0.1, 0.15) is 23.0 Å². The molecule has 0 spiro atoms. The van der Waals surface area contributed by atoms with Crippen molar-refractivity contribution in [3.8, 4) is 22.9 Å². The number of ether oxygens (including phenoxy) is 3. The molecule has 0 bridgehead atoms. The second kappa shape index (κ2) is 12.2. The number of aromatic nitrogens is 3. The Morgan fingerprint density at radius 2 is 1.83 bits per heavy atom. The van der Waals surface area contributed by atoms with Gasteiger partial charge in [0, 0.05) is 37.0 Å². The first-order chi connectivity index (χ1) is 19.6. The van der Waals surface area contributed by atoms with E-state index in [1.54, 1.807) is 62.6 Å². The predicted octanol–water partition coefficient (Wildman–Crippen LogP) is 2.67. The highest BCUT2D eigenvalue weighted by atomic mass is 19.1. The lowest BCUT2D eigenvalue weighted by molar-refractivity contribution is -0.130. The zero-order valence-corrected chi connectivity index (χ0v) is 22.9. The molecule has 1 aromatic heterocycles. The van der Waals surface area contributed by atoms with E-state index in [9.17, 15) is 9.59 Å². The number of hydrogen-bond donors (Lipinski definition) is 4. The van der Waals surface area contributed by atoms with E-state index in [0.29, 0.717) is 22.7 Å². The van der Waals surface area contributed by atoms with Crippen molar-refractivity contribution in [2.75, 3.05) is 40.2 Å². The number of methoxy groups -OCH3 is 2. The van der Waals surface area contributed by atoms with E-state index < -0.39 is 24.2 Å². The van der Waals surface area contributed by atoms with E-state index in [1.807, 2.05) is 0 Å². The number of likely N-dealkylation sites (N-methyl/N-ethyl adjacent to an activating group) is 1. The summed E-state index contributed by atoms with van der Waals surface area (Å²) in [7, 11) is 6.00. The van der Waals surface area contributed by atoms with Crippen molar-refractivity contribution in [3.05, 3.63) is 93.9 Å². The van der Waals surface area contributed by atoms with Gasteiger partial charge in [0.25, 0.3) is 5.91 Å². The summed E-state index contributed by atoms with van der Waals surface area (Å²) in [6, 6.07) is 15.1. The van der Waals surface area contributed by atoms with Crippen molar-refractivity contribution in [1.82, 2.24) is 19.7 Å². The van der Waals surface area contributed by atoms with Crippen LogP contribution in [0.25, 0.3) is 5.69 Å². The molecule has 0 aliphatic carbocycles. The minimum atomic E-state index is -1.07. The molecule has 1 heterocycles. The lowest BCUT2D eigenvalue weighted by Gasteiger charge is -2.21. The number of benzene rings is 3. The third-order valence-corrected chi connectivity index (χ3v) is 6.17. The maximum absolute atomic E-state index is 16.1. The fraction of sp³-hybridized carbons (Fsp3) is 0.214. The van der Waals surface area contributed by atoms with Crippen LogP contribution in [-0.2, 0) is 4.79 Å². The highest BCUT2D eigenvalue weighted by Crippen LogP contribution is 2.35. The third-order valence-electron chi connectivity index (χ3n) is 6.17. The summed E-state index contributed by atoms with van der Waals surface area (Å²) >= 11 is 0. The van der Waals surface area contributed by atoms with Crippen LogP contribution in [0, 0.1) is 11.2 Å². The van der Waals surface area contributed by atoms with E-state index >= 15 is 4.39 Å². The summed E-state index contributed by atoms with van der Waals surface area (Å²) in [5.41, 5.74) is 6.40. The van der Waals surface area contributed by atoms with Crippen molar-refractivity contribution >= 4 is 17.4 Å². The smallest absolute Gasteiger partial charge is 0.348 e.